The van der Waals surface area contributed by atoms with Gasteiger partial charge in [-0.05, 0) is 27.4 Å². The topological polar surface area (TPSA) is 29.1 Å². The van der Waals surface area contributed by atoms with Crippen LogP contribution in [-0.2, 0) is 0 Å². The molecule has 1 aromatic rings. The van der Waals surface area contributed by atoms with Crippen LogP contribution in [0.5, 0.6) is 0 Å². The van der Waals surface area contributed by atoms with Gasteiger partial charge in [0.05, 0.1) is 4.88 Å². The maximum Gasteiger partial charge on any atom is 0.175 e. The van der Waals surface area contributed by atoms with Crippen molar-refractivity contribution >= 4 is 33.0 Å². The zero-order valence-corrected chi connectivity index (χ0v) is 10.7. The van der Waals surface area contributed by atoms with E-state index in [0.717, 1.165) is 15.9 Å². The first-order valence-corrected chi connectivity index (χ1v) is 6.28. The number of Topliss-reactive ketones (excluding diaryl/α,β-unsaturated/α-hetero) is 1. The van der Waals surface area contributed by atoms with Crippen LogP contribution in [0.3, 0.4) is 0 Å². The summed E-state index contributed by atoms with van der Waals surface area (Å²) < 4.78 is 0.914. The Kier molecular flexibility index (Phi) is 4.78. The average molecular weight is 276 g/mol. The Morgan fingerprint density at radius 3 is 2.86 bits per heavy atom. The Labute approximate surface area is 96.8 Å². The van der Waals surface area contributed by atoms with E-state index < -0.39 is 0 Å². The SMILES string of the molecule is CC(C)NCCC(=O)c1sccc1Br. The third-order valence-electron chi connectivity index (χ3n) is 1.78. The van der Waals surface area contributed by atoms with Crippen LogP contribution in [0, 0.1) is 0 Å². The van der Waals surface area contributed by atoms with Crippen molar-refractivity contribution in [1.29, 1.82) is 0 Å². The van der Waals surface area contributed by atoms with Gasteiger partial charge in [-0.15, -0.1) is 11.3 Å². The monoisotopic (exact) mass is 275 g/mol. The van der Waals surface area contributed by atoms with E-state index in [2.05, 4.69) is 35.1 Å². The summed E-state index contributed by atoms with van der Waals surface area (Å²) >= 11 is 4.85. The molecule has 0 fully saturated rings. The third kappa shape index (κ3) is 3.52. The summed E-state index contributed by atoms with van der Waals surface area (Å²) in [6, 6.07) is 2.35. The standard InChI is InChI=1S/C10H14BrNOS/c1-7(2)12-5-3-9(13)10-8(11)4-6-14-10/h4,6-7,12H,3,5H2,1-2H3. The van der Waals surface area contributed by atoms with Crippen LogP contribution in [0.25, 0.3) is 0 Å². The molecule has 4 heteroatoms. The average Bonchev–Trinajstić information content (AvgIpc) is 2.50. The van der Waals surface area contributed by atoms with E-state index in [-0.39, 0.29) is 5.78 Å². The molecule has 0 saturated heterocycles. The van der Waals surface area contributed by atoms with Gasteiger partial charge >= 0.3 is 0 Å². The number of carbonyl (C=O) groups is 1. The minimum absolute atomic E-state index is 0.208. The number of hydrogen-bond donors (Lipinski definition) is 1. The molecule has 0 atom stereocenters. The molecule has 0 radical (unpaired) electrons. The highest BCUT2D eigenvalue weighted by molar-refractivity contribution is 9.10. The maximum atomic E-state index is 11.6. The van der Waals surface area contributed by atoms with Crippen LogP contribution in [0.1, 0.15) is 29.9 Å². The van der Waals surface area contributed by atoms with Gasteiger partial charge in [-0.2, -0.15) is 0 Å². The van der Waals surface area contributed by atoms with Gasteiger partial charge in [0.1, 0.15) is 0 Å². The van der Waals surface area contributed by atoms with Gasteiger partial charge in [0.2, 0.25) is 0 Å². The Morgan fingerprint density at radius 1 is 1.64 bits per heavy atom. The van der Waals surface area contributed by atoms with E-state index in [4.69, 9.17) is 0 Å². The first kappa shape index (κ1) is 11.9. The highest BCUT2D eigenvalue weighted by Crippen LogP contribution is 2.23. The normalized spacial score (nSPS) is 10.9. The molecule has 2 nitrogen and oxygen atoms in total. The molecule has 0 aliphatic heterocycles. The molecule has 0 spiro atoms. The van der Waals surface area contributed by atoms with Crippen molar-refractivity contribution in [2.45, 2.75) is 26.3 Å². The highest BCUT2D eigenvalue weighted by atomic mass is 79.9. The molecule has 0 bridgehead atoms. The second kappa shape index (κ2) is 5.63. The predicted octanol–water partition coefficient (Wildman–Crippen LogP) is 3.08. The number of carbonyl (C=O) groups excluding carboxylic acids is 1. The lowest BCUT2D eigenvalue weighted by molar-refractivity contribution is 0.0985. The lowest BCUT2D eigenvalue weighted by atomic mass is 10.2. The Balaban J connectivity index is 2.40. The fourth-order valence-electron chi connectivity index (χ4n) is 1.08. The summed E-state index contributed by atoms with van der Waals surface area (Å²) in [7, 11) is 0. The molecule has 0 aliphatic rings. The molecule has 0 unspecified atom stereocenters. The molecule has 0 saturated carbocycles. The first-order valence-electron chi connectivity index (χ1n) is 4.61. The number of nitrogens with one attached hydrogen (secondary N) is 1. The van der Waals surface area contributed by atoms with Crippen LogP contribution in [0.15, 0.2) is 15.9 Å². The minimum Gasteiger partial charge on any atom is -0.314 e. The summed E-state index contributed by atoms with van der Waals surface area (Å²) in [5.74, 6) is 0.208. The van der Waals surface area contributed by atoms with Crippen molar-refractivity contribution in [2.75, 3.05) is 6.54 Å². The van der Waals surface area contributed by atoms with Crippen molar-refractivity contribution in [2.24, 2.45) is 0 Å². The number of ketones is 1. The molecule has 78 valence electrons. The smallest absolute Gasteiger partial charge is 0.175 e. The highest BCUT2D eigenvalue weighted by Gasteiger charge is 2.10. The van der Waals surface area contributed by atoms with E-state index in [0.29, 0.717) is 12.5 Å². The molecule has 0 amide bonds. The van der Waals surface area contributed by atoms with E-state index >= 15 is 0 Å². The fourth-order valence-corrected chi connectivity index (χ4v) is 2.64. The van der Waals surface area contributed by atoms with Gasteiger partial charge in [-0.1, -0.05) is 13.8 Å². The molecular weight excluding hydrogens is 262 g/mol. The van der Waals surface area contributed by atoms with Crippen molar-refractivity contribution < 1.29 is 4.79 Å². The lowest BCUT2D eigenvalue weighted by Crippen LogP contribution is -2.25. The van der Waals surface area contributed by atoms with Gasteiger partial charge in [0.15, 0.2) is 5.78 Å². The Hall–Kier alpha value is -0.190. The number of rotatable bonds is 5. The molecule has 1 N–H and O–H groups in total. The van der Waals surface area contributed by atoms with Crippen LogP contribution in [0.2, 0.25) is 0 Å². The van der Waals surface area contributed by atoms with Crippen molar-refractivity contribution in [1.82, 2.24) is 5.32 Å². The Morgan fingerprint density at radius 2 is 2.36 bits per heavy atom. The number of halogens is 1. The second-order valence-corrected chi connectivity index (χ2v) is 5.15. The lowest BCUT2D eigenvalue weighted by Gasteiger charge is -2.06. The summed E-state index contributed by atoms with van der Waals surface area (Å²) in [6.07, 6.45) is 0.567. The van der Waals surface area contributed by atoms with Gasteiger partial charge in [-0.25, -0.2) is 0 Å². The summed E-state index contributed by atoms with van der Waals surface area (Å²) in [4.78, 5) is 12.5. The van der Waals surface area contributed by atoms with Gasteiger partial charge in [-0.3, -0.25) is 4.79 Å². The van der Waals surface area contributed by atoms with Gasteiger partial charge in [0, 0.05) is 23.5 Å². The minimum atomic E-state index is 0.208. The van der Waals surface area contributed by atoms with Crippen molar-refractivity contribution in [3.8, 4) is 0 Å². The molecule has 14 heavy (non-hydrogen) atoms. The van der Waals surface area contributed by atoms with Crippen LogP contribution in [-0.4, -0.2) is 18.4 Å². The van der Waals surface area contributed by atoms with E-state index in [9.17, 15) is 4.79 Å². The largest absolute Gasteiger partial charge is 0.314 e. The van der Waals surface area contributed by atoms with Crippen LogP contribution >= 0.6 is 27.3 Å². The third-order valence-corrected chi connectivity index (χ3v) is 3.65. The van der Waals surface area contributed by atoms with E-state index in [1.807, 2.05) is 11.4 Å². The summed E-state index contributed by atoms with van der Waals surface area (Å²) in [5.41, 5.74) is 0. The molecule has 1 rings (SSSR count). The molecular formula is C10H14BrNOS. The first-order chi connectivity index (χ1) is 6.61. The zero-order chi connectivity index (χ0) is 10.6. The van der Waals surface area contributed by atoms with Crippen molar-refractivity contribution in [3.63, 3.8) is 0 Å². The number of hydrogen-bond acceptors (Lipinski definition) is 3. The molecule has 0 aliphatic carbocycles. The van der Waals surface area contributed by atoms with Gasteiger partial charge in [0.25, 0.3) is 0 Å². The second-order valence-electron chi connectivity index (χ2n) is 3.38. The summed E-state index contributed by atoms with van der Waals surface area (Å²) in [5, 5.41) is 5.15. The molecule has 1 heterocycles. The molecule has 1 aromatic heterocycles. The molecule has 0 aromatic carbocycles. The van der Waals surface area contributed by atoms with Crippen LogP contribution < -0.4 is 5.32 Å². The maximum absolute atomic E-state index is 11.6. The van der Waals surface area contributed by atoms with E-state index in [1.54, 1.807) is 0 Å². The van der Waals surface area contributed by atoms with Gasteiger partial charge < -0.3 is 5.32 Å². The zero-order valence-electron chi connectivity index (χ0n) is 8.34. The number of thiophene rings is 1. The predicted molar refractivity (Wildman–Crippen MR) is 64.1 cm³/mol. The van der Waals surface area contributed by atoms with Crippen LogP contribution in [0.4, 0.5) is 0 Å². The fraction of sp³-hybridized carbons (Fsp3) is 0.500. The van der Waals surface area contributed by atoms with Crippen molar-refractivity contribution in [3.05, 3.63) is 20.8 Å². The van der Waals surface area contributed by atoms with E-state index in [1.165, 1.54) is 11.3 Å². The Bertz CT molecular complexity index is 309. The summed E-state index contributed by atoms with van der Waals surface area (Å²) in [6.45, 7) is 4.90. The quantitative estimate of drug-likeness (QED) is 0.837.